The van der Waals surface area contributed by atoms with Gasteiger partial charge in [-0.3, -0.25) is 4.90 Å². The van der Waals surface area contributed by atoms with Crippen LogP contribution >= 0.6 is 11.6 Å². The van der Waals surface area contributed by atoms with Crippen molar-refractivity contribution in [2.75, 3.05) is 40.0 Å². The van der Waals surface area contributed by atoms with Crippen LogP contribution < -0.4 is 0 Å². The highest BCUT2D eigenvalue weighted by Crippen LogP contribution is 2.00. The number of ether oxygens (including phenoxy) is 1. The number of methoxy groups -OCH3 is 1. The number of aliphatic hydroxyl groups excluding tert-OH is 1. The van der Waals surface area contributed by atoms with Gasteiger partial charge in [-0.2, -0.15) is 0 Å². The minimum absolute atomic E-state index is 0.133. The summed E-state index contributed by atoms with van der Waals surface area (Å²) in [5.74, 6) is 0. The van der Waals surface area contributed by atoms with Crippen LogP contribution in [0.5, 0.6) is 0 Å². The van der Waals surface area contributed by atoms with E-state index in [-0.39, 0.29) is 6.61 Å². The van der Waals surface area contributed by atoms with Crippen molar-refractivity contribution in [3.63, 3.8) is 0 Å². The molecule has 3 nitrogen and oxygen atoms in total. The maximum Gasteiger partial charge on any atom is 0.0589 e. The van der Waals surface area contributed by atoms with Crippen molar-refractivity contribution in [2.45, 2.75) is 0 Å². The van der Waals surface area contributed by atoms with E-state index in [0.29, 0.717) is 24.7 Å². The second kappa shape index (κ2) is 7.55. The van der Waals surface area contributed by atoms with Gasteiger partial charge < -0.3 is 9.84 Å². The summed E-state index contributed by atoms with van der Waals surface area (Å²) in [6.07, 6.45) is 0. The molecule has 0 aliphatic carbocycles. The van der Waals surface area contributed by atoms with Crippen molar-refractivity contribution >= 4 is 11.6 Å². The summed E-state index contributed by atoms with van der Waals surface area (Å²) in [5, 5.41) is 9.28. The number of hydrogen-bond acceptors (Lipinski definition) is 3. The van der Waals surface area contributed by atoms with Gasteiger partial charge in [-0.25, -0.2) is 0 Å². The Balaban J connectivity index is 3.61. The average Bonchev–Trinajstić information content (AvgIpc) is 2.00. The first-order chi connectivity index (χ1) is 5.70. The molecule has 4 heteroatoms. The fraction of sp³-hybridized carbons (Fsp3) is 0.750. The van der Waals surface area contributed by atoms with Gasteiger partial charge in [0.2, 0.25) is 0 Å². The van der Waals surface area contributed by atoms with E-state index >= 15 is 0 Å². The summed E-state index contributed by atoms with van der Waals surface area (Å²) in [6.45, 7) is 6.34. The Morgan fingerprint density at radius 2 is 2.25 bits per heavy atom. The Kier molecular flexibility index (Phi) is 7.50. The lowest BCUT2D eigenvalue weighted by Gasteiger charge is -2.19. The van der Waals surface area contributed by atoms with Gasteiger partial charge in [-0.15, -0.1) is 0 Å². The molecule has 12 heavy (non-hydrogen) atoms. The van der Waals surface area contributed by atoms with Crippen molar-refractivity contribution in [3.05, 3.63) is 11.6 Å². The third-order valence-electron chi connectivity index (χ3n) is 1.42. The number of halogens is 1. The molecule has 0 aromatic rings. The van der Waals surface area contributed by atoms with Crippen molar-refractivity contribution < 1.29 is 9.84 Å². The van der Waals surface area contributed by atoms with E-state index < -0.39 is 0 Å². The lowest BCUT2D eigenvalue weighted by molar-refractivity contribution is 0.138. The van der Waals surface area contributed by atoms with E-state index in [4.69, 9.17) is 21.4 Å². The first kappa shape index (κ1) is 11.9. The Hall–Kier alpha value is -0.0900. The summed E-state index contributed by atoms with van der Waals surface area (Å²) < 4.78 is 4.90. The Morgan fingerprint density at radius 1 is 1.58 bits per heavy atom. The zero-order valence-electron chi connectivity index (χ0n) is 7.42. The Morgan fingerprint density at radius 3 is 2.67 bits per heavy atom. The molecule has 0 aromatic carbocycles. The molecule has 0 radical (unpaired) electrons. The van der Waals surface area contributed by atoms with E-state index in [1.807, 2.05) is 4.90 Å². The fourth-order valence-electron chi connectivity index (χ4n) is 0.874. The van der Waals surface area contributed by atoms with Gasteiger partial charge in [0.05, 0.1) is 13.2 Å². The van der Waals surface area contributed by atoms with E-state index in [1.54, 1.807) is 7.11 Å². The molecule has 0 heterocycles. The van der Waals surface area contributed by atoms with Crippen molar-refractivity contribution in [2.24, 2.45) is 0 Å². The zero-order chi connectivity index (χ0) is 9.40. The molecule has 0 aliphatic heterocycles. The van der Waals surface area contributed by atoms with Crippen LogP contribution in [0, 0.1) is 0 Å². The number of rotatable bonds is 7. The third-order valence-corrected chi connectivity index (χ3v) is 1.54. The van der Waals surface area contributed by atoms with Crippen molar-refractivity contribution in [1.29, 1.82) is 0 Å². The minimum atomic E-state index is 0.133. The maximum atomic E-state index is 8.69. The van der Waals surface area contributed by atoms with Gasteiger partial charge in [-0.05, 0) is 0 Å². The highest BCUT2D eigenvalue weighted by molar-refractivity contribution is 6.29. The lowest BCUT2D eigenvalue weighted by atomic mass is 10.4. The molecule has 72 valence electrons. The number of aliphatic hydroxyl groups is 1. The van der Waals surface area contributed by atoms with Gasteiger partial charge >= 0.3 is 0 Å². The monoisotopic (exact) mass is 193 g/mol. The molecule has 0 amide bonds. The summed E-state index contributed by atoms with van der Waals surface area (Å²) in [5.41, 5.74) is 0. The van der Waals surface area contributed by atoms with Gasteiger partial charge in [0, 0.05) is 31.8 Å². The van der Waals surface area contributed by atoms with Gasteiger partial charge in [0.15, 0.2) is 0 Å². The van der Waals surface area contributed by atoms with E-state index in [0.717, 1.165) is 6.54 Å². The molecule has 0 aliphatic rings. The van der Waals surface area contributed by atoms with Crippen LogP contribution in [0.4, 0.5) is 0 Å². The van der Waals surface area contributed by atoms with Crippen LogP contribution in [0.3, 0.4) is 0 Å². The van der Waals surface area contributed by atoms with Crippen molar-refractivity contribution in [1.82, 2.24) is 4.90 Å². The van der Waals surface area contributed by atoms with Crippen LogP contribution in [0.1, 0.15) is 0 Å². The molecule has 0 rings (SSSR count). The van der Waals surface area contributed by atoms with Gasteiger partial charge in [0.1, 0.15) is 0 Å². The van der Waals surface area contributed by atoms with Crippen LogP contribution in [0.25, 0.3) is 0 Å². The fourth-order valence-corrected chi connectivity index (χ4v) is 1.04. The van der Waals surface area contributed by atoms with E-state index in [9.17, 15) is 0 Å². The first-order valence-corrected chi connectivity index (χ1v) is 4.24. The average molecular weight is 194 g/mol. The quantitative estimate of drug-likeness (QED) is 0.646. The SMILES string of the molecule is C=C(Cl)CN(CCO)CCOC. The lowest BCUT2D eigenvalue weighted by Crippen LogP contribution is -2.31. The molecule has 0 saturated heterocycles. The van der Waals surface area contributed by atoms with E-state index in [1.165, 1.54) is 0 Å². The van der Waals surface area contributed by atoms with Crippen LogP contribution in [0.15, 0.2) is 11.6 Å². The summed E-state index contributed by atoms with van der Waals surface area (Å²) in [6, 6.07) is 0. The molecule has 0 unspecified atom stereocenters. The number of nitrogens with zero attached hydrogens (tertiary/aromatic N) is 1. The Labute approximate surface area is 78.6 Å². The summed E-state index contributed by atoms with van der Waals surface area (Å²) >= 11 is 5.63. The smallest absolute Gasteiger partial charge is 0.0589 e. The molecule has 0 bridgehead atoms. The zero-order valence-corrected chi connectivity index (χ0v) is 8.18. The maximum absolute atomic E-state index is 8.69. The van der Waals surface area contributed by atoms with Crippen LogP contribution in [0.2, 0.25) is 0 Å². The van der Waals surface area contributed by atoms with Crippen LogP contribution in [-0.2, 0) is 4.74 Å². The summed E-state index contributed by atoms with van der Waals surface area (Å²) in [7, 11) is 1.65. The second-order valence-corrected chi connectivity index (χ2v) is 3.04. The molecule has 0 spiro atoms. The number of hydrogen-bond donors (Lipinski definition) is 1. The predicted octanol–water partition coefficient (Wildman–Crippen LogP) is 0.680. The molecule has 0 fully saturated rings. The predicted molar refractivity (Wildman–Crippen MR) is 50.4 cm³/mol. The van der Waals surface area contributed by atoms with Gasteiger partial charge in [-0.1, -0.05) is 18.2 Å². The van der Waals surface area contributed by atoms with Crippen LogP contribution in [-0.4, -0.2) is 50.0 Å². The van der Waals surface area contributed by atoms with Crippen molar-refractivity contribution in [3.8, 4) is 0 Å². The molecule has 0 aromatic heterocycles. The molecule has 0 saturated carbocycles. The molecular weight excluding hydrogens is 178 g/mol. The van der Waals surface area contributed by atoms with Gasteiger partial charge in [0.25, 0.3) is 0 Å². The molecule has 0 atom stereocenters. The first-order valence-electron chi connectivity index (χ1n) is 3.86. The van der Waals surface area contributed by atoms with E-state index in [2.05, 4.69) is 6.58 Å². The largest absolute Gasteiger partial charge is 0.395 e. The highest BCUT2D eigenvalue weighted by Gasteiger charge is 2.03. The highest BCUT2D eigenvalue weighted by atomic mass is 35.5. The molecule has 1 N–H and O–H groups in total. The summed E-state index contributed by atoms with van der Waals surface area (Å²) in [4.78, 5) is 1.98. The Bertz CT molecular complexity index is 130. The minimum Gasteiger partial charge on any atom is -0.395 e. The third kappa shape index (κ3) is 6.61. The normalized spacial score (nSPS) is 10.7. The standard InChI is InChI=1S/C8H16ClNO2/c1-8(9)7-10(3-5-11)4-6-12-2/h11H,1,3-7H2,2H3. The second-order valence-electron chi connectivity index (χ2n) is 2.51. The molecular formula is C8H16ClNO2. The topological polar surface area (TPSA) is 32.7 Å².